The summed E-state index contributed by atoms with van der Waals surface area (Å²) in [5.41, 5.74) is 4.32. The highest BCUT2D eigenvalue weighted by Gasteiger charge is 2.39. The van der Waals surface area contributed by atoms with Gasteiger partial charge in [0.25, 0.3) is 5.69 Å². The Kier molecular flexibility index (Phi) is 7.85. The number of methoxy groups -OCH3 is 2. The van der Waals surface area contributed by atoms with Crippen LogP contribution >= 0.6 is 0 Å². The van der Waals surface area contributed by atoms with Crippen molar-refractivity contribution >= 4 is 14.7 Å². The number of non-ortho nitro benzene ring substituents is 1. The minimum Gasteiger partial charge on any atom is -0.496 e. The molecular weight excluding hydrogens is 400 g/mol. The lowest BCUT2D eigenvalue weighted by Gasteiger charge is -2.43. The van der Waals surface area contributed by atoms with Crippen molar-refractivity contribution in [2.75, 3.05) is 14.2 Å². The molecule has 8 heteroatoms. The lowest BCUT2D eigenvalue weighted by Crippen LogP contribution is -2.45. The number of hydroxylamine groups is 2. The number of benzene rings is 1. The molecule has 2 rings (SSSR count). The van der Waals surface area contributed by atoms with Gasteiger partial charge in [0.2, 0.25) is 15.3 Å². The number of allylic oxidation sites excluding steroid dienone is 3. The monoisotopic (exact) mass is 434 g/mol. The molecule has 1 aliphatic heterocycles. The van der Waals surface area contributed by atoms with E-state index in [1.165, 1.54) is 0 Å². The van der Waals surface area contributed by atoms with Crippen LogP contribution in [0.5, 0.6) is 0 Å². The maximum absolute atomic E-state index is 10.9. The Morgan fingerprint density at radius 2 is 1.73 bits per heavy atom. The van der Waals surface area contributed by atoms with Crippen LogP contribution in [0.2, 0.25) is 13.1 Å². The predicted molar refractivity (Wildman–Crippen MR) is 120 cm³/mol. The molecule has 0 amide bonds. The van der Waals surface area contributed by atoms with Gasteiger partial charge in [-0.05, 0) is 49.4 Å². The number of nitro groups is 1. The minimum absolute atomic E-state index is 0.102. The molecule has 1 atom stereocenters. The van der Waals surface area contributed by atoms with E-state index in [1.807, 2.05) is 17.2 Å². The van der Waals surface area contributed by atoms with Crippen molar-refractivity contribution in [1.82, 2.24) is 5.06 Å². The van der Waals surface area contributed by atoms with Crippen LogP contribution < -0.4 is 0 Å². The Morgan fingerprint density at radius 1 is 1.13 bits per heavy atom. The van der Waals surface area contributed by atoms with Gasteiger partial charge in [-0.1, -0.05) is 32.9 Å². The molecule has 30 heavy (non-hydrogen) atoms. The first-order valence-corrected chi connectivity index (χ1v) is 13.0. The van der Waals surface area contributed by atoms with E-state index in [1.54, 1.807) is 26.4 Å². The van der Waals surface area contributed by atoms with Crippen molar-refractivity contribution in [1.29, 1.82) is 0 Å². The SMILES string of the molecule is COC1=C(C(C)(C)C)C(C)=C(CCc2ccc([N+](=O)[O-])cc2)N(O[SiH](C)C)C1OC. The van der Waals surface area contributed by atoms with Crippen molar-refractivity contribution in [3.63, 3.8) is 0 Å². The van der Waals surface area contributed by atoms with Gasteiger partial charge >= 0.3 is 0 Å². The number of nitro benzene ring substituents is 1. The summed E-state index contributed by atoms with van der Waals surface area (Å²) < 4.78 is 17.9. The van der Waals surface area contributed by atoms with E-state index in [9.17, 15) is 10.1 Å². The van der Waals surface area contributed by atoms with Crippen LogP contribution in [0.25, 0.3) is 0 Å². The Bertz CT molecular complexity index is 825. The lowest BCUT2D eigenvalue weighted by atomic mass is 9.78. The summed E-state index contributed by atoms with van der Waals surface area (Å²) in [4.78, 5) is 10.5. The fourth-order valence-corrected chi connectivity index (χ4v) is 4.59. The summed E-state index contributed by atoms with van der Waals surface area (Å²) in [5, 5.41) is 12.8. The van der Waals surface area contributed by atoms with Crippen molar-refractivity contribution < 1.29 is 18.9 Å². The molecule has 1 aromatic rings. The van der Waals surface area contributed by atoms with Crippen LogP contribution in [-0.2, 0) is 20.4 Å². The minimum atomic E-state index is -1.42. The van der Waals surface area contributed by atoms with Gasteiger partial charge in [0.1, 0.15) is 0 Å². The van der Waals surface area contributed by atoms with E-state index in [-0.39, 0.29) is 16.0 Å². The first kappa shape index (κ1) is 24.1. The topological polar surface area (TPSA) is 74.1 Å². The quantitative estimate of drug-likeness (QED) is 0.327. The van der Waals surface area contributed by atoms with Gasteiger partial charge in [0.05, 0.1) is 12.0 Å². The highest BCUT2D eigenvalue weighted by Crippen LogP contribution is 2.43. The maximum atomic E-state index is 10.9. The van der Waals surface area contributed by atoms with Gasteiger partial charge in [0.15, 0.2) is 5.76 Å². The van der Waals surface area contributed by atoms with E-state index in [0.29, 0.717) is 0 Å². The molecule has 7 nitrogen and oxygen atoms in total. The fourth-order valence-electron chi connectivity index (χ4n) is 3.89. The Morgan fingerprint density at radius 3 is 2.17 bits per heavy atom. The van der Waals surface area contributed by atoms with Crippen molar-refractivity contribution in [2.45, 2.75) is 59.9 Å². The Labute approximate surface area is 181 Å². The third-order valence-corrected chi connectivity index (χ3v) is 5.72. The molecule has 0 aliphatic carbocycles. The average Bonchev–Trinajstić information content (AvgIpc) is 2.65. The van der Waals surface area contributed by atoms with Gasteiger partial charge in [-0.15, -0.1) is 0 Å². The molecule has 0 spiro atoms. The second-order valence-corrected chi connectivity index (χ2v) is 11.1. The standard InChI is InChI=1S/C22H34N2O5Si/c1-15-18(14-11-16-9-12-17(13-10-16)24(25)26)23(29-30(7)8)21(28-6)20(27-5)19(15)22(2,3)4/h9-10,12-13,21,30H,11,14H2,1-8H3. The van der Waals surface area contributed by atoms with Crippen molar-refractivity contribution in [3.05, 3.63) is 62.5 Å². The zero-order chi connectivity index (χ0) is 22.6. The average molecular weight is 435 g/mol. The zero-order valence-corrected chi connectivity index (χ0v) is 20.5. The normalized spacial score (nSPS) is 17.8. The molecule has 0 bridgehead atoms. The Balaban J connectivity index is 2.46. The molecule has 1 aromatic carbocycles. The highest BCUT2D eigenvalue weighted by atomic mass is 28.3. The number of rotatable bonds is 8. The van der Waals surface area contributed by atoms with Crippen LogP contribution in [0.3, 0.4) is 0 Å². The molecule has 166 valence electrons. The molecule has 1 unspecified atom stereocenters. The van der Waals surface area contributed by atoms with Gasteiger partial charge < -0.3 is 14.0 Å². The second kappa shape index (κ2) is 9.76. The summed E-state index contributed by atoms with van der Waals surface area (Å²) in [6.07, 6.45) is 1.01. The van der Waals surface area contributed by atoms with Crippen molar-refractivity contribution in [3.8, 4) is 0 Å². The van der Waals surface area contributed by atoms with Crippen LogP contribution in [0.15, 0.2) is 46.9 Å². The number of aryl methyl sites for hydroxylation is 1. The van der Waals surface area contributed by atoms with E-state index in [2.05, 4.69) is 40.8 Å². The smallest absolute Gasteiger partial charge is 0.269 e. The molecule has 1 aliphatic rings. The molecule has 0 saturated carbocycles. The van der Waals surface area contributed by atoms with Crippen molar-refractivity contribution in [2.24, 2.45) is 5.41 Å². The number of hydrogen-bond acceptors (Lipinski definition) is 6. The van der Waals surface area contributed by atoms with E-state index >= 15 is 0 Å². The van der Waals surface area contributed by atoms with Gasteiger partial charge in [-0.3, -0.25) is 10.1 Å². The van der Waals surface area contributed by atoms with Gasteiger partial charge in [-0.25, -0.2) is 5.06 Å². The predicted octanol–water partition coefficient (Wildman–Crippen LogP) is 4.95. The zero-order valence-electron chi connectivity index (χ0n) is 19.3. The summed E-state index contributed by atoms with van der Waals surface area (Å²) in [5.74, 6) is 0.774. The third kappa shape index (κ3) is 5.30. The largest absolute Gasteiger partial charge is 0.496 e. The summed E-state index contributed by atoms with van der Waals surface area (Å²) in [7, 11) is 1.92. The third-order valence-electron chi connectivity index (χ3n) is 5.07. The molecule has 0 saturated heterocycles. The molecule has 0 radical (unpaired) electrons. The number of nitrogens with zero attached hydrogens (tertiary/aromatic N) is 2. The number of hydrogen-bond donors (Lipinski definition) is 0. The Hall–Kier alpha value is -2.16. The lowest BCUT2D eigenvalue weighted by molar-refractivity contribution is -0.384. The summed E-state index contributed by atoms with van der Waals surface area (Å²) in [6, 6.07) is 6.73. The maximum Gasteiger partial charge on any atom is 0.269 e. The molecule has 0 fully saturated rings. The molecule has 0 N–H and O–H groups in total. The summed E-state index contributed by atoms with van der Waals surface area (Å²) >= 11 is 0. The van der Waals surface area contributed by atoms with E-state index in [4.69, 9.17) is 14.0 Å². The molecule has 0 aromatic heterocycles. The van der Waals surface area contributed by atoms with Gasteiger partial charge in [-0.2, -0.15) is 0 Å². The first-order valence-electron chi connectivity index (χ1n) is 10.2. The van der Waals surface area contributed by atoms with Crippen LogP contribution in [-0.4, -0.2) is 39.5 Å². The van der Waals surface area contributed by atoms with Crippen LogP contribution in [0.4, 0.5) is 5.69 Å². The van der Waals surface area contributed by atoms with Gasteiger partial charge in [0, 0.05) is 30.5 Å². The molecule has 1 heterocycles. The molecular formula is C22H34N2O5Si. The summed E-state index contributed by atoms with van der Waals surface area (Å²) in [6.45, 7) is 12.8. The van der Waals surface area contributed by atoms with E-state index < -0.39 is 15.3 Å². The van der Waals surface area contributed by atoms with E-state index in [0.717, 1.165) is 41.0 Å². The highest BCUT2D eigenvalue weighted by molar-refractivity contribution is 6.48. The van der Waals surface area contributed by atoms with Crippen LogP contribution in [0.1, 0.15) is 39.7 Å². The first-order chi connectivity index (χ1) is 14.0. The van der Waals surface area contributed by atoms with Crippen LogP contribution in [0, 0.1) is 15.5 Å². The fraction of sp³-hybridized carbons (Fsp3) is 0.545. The number of ether oxygens (including phenoxy) is 2. The second-order valence-electron chi connectivity index (χ2n) is 8.76.